The molecule has 8 heteroatoms. The van der Waals surface area contributed by atoms with E-state index >= 15 is 0 Å². The molecule has 1 aliphatic carbocycles. The van der Waals surface area contributed by atoms with Crippen molar-refractivity contribution in [2.75, 3.05) is 5.01 Å². The first-order valence-electron chi connectivity index (χ1n) is 9.76. The minimum absolute atomic E-state index is 0.0826. The lowest BCUT2D eigenvalue weighted by atomic mass is 9.95. The molecule has 148 valence electrons. The van der Waals surface area contributed by atoms with Crippen LogP contribution in [-0.2, 0) is 0 Å². The minimum Gasteiger partial charge on any atom is -0.488 e. The predicted octanol–water partition coefficient (Wildman–Crippen LogP) is 3.20. The fourth-order valence-corrected chi connectivity index (χ4v) is 3.76. The molecule has 8 nitrogen and oxygen atoms in total. The Labute approximate surface area is 167 Å². The second kappa shape index (κ2) is 7.31. The Balaban J connectivity index is 1.46. The van der Waals surface area contributed by atoms with Gasteiger partial charge < -0.3 is 14.8 Å². The molecule has 4 N–H and O–H groups in total. The summed E-state index contributed by atoms with van der Waals surface area (Å²) in [6.07, 6.45) is 6.48. The van der Waals surface area contributed by atoms with Crippen molar-refractivity contribution in [1.82, 2.24) is 19.9 Å². The van der Waals surface area contributed by atoms with Crippen molar-refractivity contribution in [3.63, 3.8) is 0 Å². The molecule has 29 heavy (non-hydrogen) atoms. The summed E-state index contributed by atoms with van der Waals surface area (Å²) in [7, 11) is 0. The van der Waals surface area contributed by atoms with Gasteiger partial charge in [0.25, 0.3) is 0 Å². The Hall–Kier alpha value is -3.23. The summed E-state index contributed by atoms with van der Waals surface area (Å²) in [5.74, 6) is 7.42. The third-order valence-corrected chi connectivity index (χ3v) is 5.40. The van der Waals surface area contributed by atoms with Gasteiger partial charge in [0.15, 0.2) is 0 Å². The summed E-state index contributed by atoms with van der Waals surface area (Å²) >= 11 is 0. The van der Waals surface area contributed by atoms with Gasteiger partial charge in [0, 0.05) is 11.6 Å². The number of rotatable bonds is 4. The number of aromatic nitrogens is 4. The number of fused-ring (bicyclic) bond motifs is 2. The van der Waals surface area contributed by atoms with Crippen LogP contribution in [0.15, 0.2) is 48.9 Å². The van der Waals surface area contributed by atoms with Crippen molar-refractivity contribution in [3.8, 4) is 5.75 Å². The van der Waals surface area contributed by atoms with Gasteiger partial charge in [-0.15, -0.1) is 0 Å². The molecule has 0 atom stereocenters. The van der Waals surface area contributed by atoms with Gasteiger partial charge in [-0.2, -0.15) is 0 Å². The number of imidazole rings is 1. The van der Waals surface area contributed by atoms with Crippen molar-refractivity contribution >= 4 is 33.6 Å². The lowest BCUT2D eigenvalue weighted by molar-refractivity contribution is 0.0672. The van der Waals surface area contributed by atoms with Crippen LogP contribution >= 0.6 is 0 Å². The minimum atomic E-state index is -0.214. The zero-order chi connectivity index (χ0) is 19.8. The Morgan fingerprint density at radius 1 is 1.10 bits per heavy atom. The smallest absolute Gasteiger partial charge is 0.245 e. The number of hydrogen-bond donors (Lipinski definition) is 3. The molecular weight excluding hydrogens is 368 g/mol. The van der Waals surface area contributed by atoms with Gasteiger partial charge in [-0.05, 0) is 49.9 Å². The third-order valence-electron chi connectivity index (χ3n) is 5.40. The maximum absolute atomic E-state index is 9.72. The van der Waals surface area contributed by atoms with E-state index in [0.29, 0.717) is 11.7 Å². The van der Waals surface area contributed by atoms with Crippen molar-refractivity contribution in [2.45, 2.75) is 37.9 Å². The van der Waals surface area contributed by atoms with Gasteiger partial charge in [-0.1, -0.05) is 12.1 Å². The molecule has 2 aromatic heterocycles. The number of nitrogens with two attached hydrogens (primary N) is 1. The molecule has 0 radical (unpaired) electrons. The maximum atomic E-state index is 9.72. The largest absolute Gasteiger partial charge is 0.488 e. The van der Waals surface area contributed by atoms with E-state index in [1.54, 1.807) is 12.5 Å². The van der Waals surface area contributed by atoms with Gasteiger partial charge in [-0.25, -0.2) is 25.8 Å². The van der Waals surface area contributed by atoms with E-state index in [1.165, 1.54) is 5.01 Å². The highest BCUT2D eigenvalue weighted by Crippen LogP contribution is 2.30. The molecule has 0 bridgehead atoms. The van der Waals surface area contributed by atoms with Crippen LogP contribution < -0.4 is 15.6 Å². The van der Waals surface area contributed by atoms with Gasteiger partial charge in [0.05, 0.1) is 35.3 Å². The van der Waals surface area contributed by atoms with Crippen LogP contribution in [0.2, 0.25) is 0 Å². The standard InChI is InChI=1S/C21H22N6O2/c22-27(14-4-9-17-18(10-14)25-12-24-17)21-23-11-13-2-1-3-19(20(13)26-21)29-16-7-5-15(28)6-8-16/h1-4,9-12,15-16,28H,5-8,22H2,(H,24,25). The zero-order valence-corrected chi connectivity index (χ0v) is 15.8. The van der Waals surface area contributed by atoms with Crippen molar-refractivity contribution in [2.24, 2.45) is 5.84 Å². The summed E-state index contributed by atoms with van der Waals surface area (Å²) in [5.41, 5.74) is 3.24. The average Bonchev–Trinajstić information content (AvgIpc) is 3.23. The van der Waals surface area contributed by atoms with Crippen LogP contribution in [-0.4, -0.2) is 37.3 Å². The Kier molecular flexibility index (Phi) is 4.49. The number of hydrogen-bond acceptors (Lipinski definition) is 7. The molecule has 5 rings (SSSR count). The van der Waals surface area contributed by atoms with Gasteiger partial charge in [-0.3, -0.25) is 0 Å². The summed E-state index contributed by atoms with van der Waals surface area (Å²) in [6, 6.07) is 11.5. The fraction of sp³-hybridized carbons (Fsp3) is 0.286. The van der Waals surface area contributed by atoms with Crippen molar-refractivity contribution < 1.29 is 9.84 Å². The summed E-state index contributed by atoms with van der Waals surface area (Å²) in [5, 5.41) is 12.1. The number of aliphatic hydroxyl groups excluding tert-OH is 1. The number of nitrogens with one attached hydrogen (secondary N) is 1. The summed E-state index contributed by atoms with van der Waals surface area (Å²) in [4.78, 5) is 16.4. The lowest BCUT2D eigenvalue weighted by Gasteiger charge is -2.26. The third kappa shape index (κ3) is 3.48. The number of ether oxygens (including phenoxy) is 1. The van der Waals surface area contributed by atoms with Crippen LogP contribution in [0, 0.1) is 0 Å². The van der Waals surface area contributed by atoms with E-state index in [4.69, 9.17) is 10.6 Å². The van der Waals surface area contributed by atoms with E-state index in [-0.39, 0.29) is 12.2 Å². The highest BCUT2D eigenvalue weighted by molar-refractivity contribution is 5.85. The van der Waals surface area contributed by atoms with Crippen LogP contribution in [0.3, 0.4) is 0 Å². The van der Waals surface area contributed by atoms with Crippen molar-refractivity contribution in [3.05, 3.63) is 48.9 Å². The first kappa shape index (κ1) is 17.8. The summed E-state index contributed by atoms with van der Waals surface area (Å²) in [6.45, 7) is 0. The number of H-pyrrole nitrogens is 1. The van der Waals surface area contributed by atoms with E-state index in [1.807, 2.05) is 36.4 Å². The molecule has 1 fully saturated rings. The number of nitrogens with zero attached hydrogens (tertiary/aromatic N) is 4. The number of anilines is 2. The first-order chi connectivity index (χ1) is 14.2. The van der Waals surface area contributed by atoms with E-state index in [0.717, 1.165) is 53.3 Å². The van der Waals surface area contributed by atoms with E-state index in [2.05, 4.69) is 19.9 Å². The SMILES string of the molecule is NN(c1ccc2nc[nH]c2c1)c1ncc2cccc(OC3CCC(O)CC3)c2n1. The maximum Gasteiger partial charge on any atom is 0.245 e. The van der Waals surface area contributed by atoms with Gasteiger partial charge in [0.1, 0.15) is 11.3 Å². The lowest BCUT2D eigenvalue weighted by Crippen LogP contribution is -2.27. The molecule has 0 aliphatic heterocycles. The number of aliphatic hydroxyl groups is 1. The molecule has 0 amide bonds. The number of hydrazine groups is 1. The number of aromatic amines is 1. The molecule has 1 aliphatic rings. The number of para-hydroxylation sites is 1. The molecule has 0 spiro atoms. The molecular formula is C21H22N6O2. The monoisotopic (exact) mass is 390 g/mol. The zero-order valence-electron chi connectivity index (χ0n) is 15.8. The van der Waals surface area contributed by atoms with Crippen LogP contribution in [0.1, 0.15) is 25.7 Å². The normalized spacial score (nSPS) is 19.5. The Bertz CT molecular complexity index is 1150. The van der Waals surface area contributed by atoms with Crippen LogP contribution in [0.25, 0.3) is 21.9 Å². The number of benzene rings is 2. The average molecular weight is 390 g/mol. The summed E-state index contributed by atoms with van der Waals surface area (Å²) < 4.78 is 6.23. The molecule has 2 heterocycles. The molecule has 0 saturated heterocycles. The Morgan fingerprint density at radius 2 is 1.97 bits per heavy atom. The quantitative estimate of drug-likeness (QED) is 0.362. The molecule has 1 saturated carbocycles. The molecule has 2 aromatic carbocycles. The van der Waals surface area contributed by atoms with E-state index < -0.39 is 0 Å². The van der Waals surface area contributed by atoms with Gasteiger partial charge >= 0.3 is 0 Å². The van der Waals surface area contributed by atoms with Crippen molar-refractivity contribution in [1.29, 1.82) is 0 Å². The highest BCUT2D eigenvalue weighted by Gasteiger charge is 2.22. The topological polar surface area (TPSA) is 113 Å². The van der Waals surface area contributed by atoms with Crippen LogP contribution in [0.4, 0.5) is 11.6 Å². The highest BCUT2D eigenvalue weighted by atomic mass is 16.5. The Morgan fingerprint density at radius 3 is 2.83 bits per heavy atom. The second-order valence-corrected chi connectivity index (χ2v) is 7.39. The predicted molar refractivity (Wildman–Crippen MR) is 111 cm³/mol. The molecule has 0 unspecified atom stereocenters. The molecule has 4 aromatic rings. The second-order valence-electron chi connectivity index (χ2n) is 7.39. The van der Waals surface area contributed by atoms with Crippen LogP contribution in [0.5, 0.6) is 5.75 Å². The van der Waals surface area contributed by atoms with E-state index in [9.17, 15) is 5.11 Å². The first-order valence-corrected chi connectivity index (χ1v) is 9.76. The van der Waals surface area contributed by atoms with Gasteiger partial charge in [0.2, 0.25) is 5.95 Å². The fourth-order valence-electron chi connectivity index (χ4n) is 3.76.